The minimum Gasteiger partial charge on any atom is -0.351 e. The molecule has 134 valence electrons. The van der Waals surface area contributed by atoms with E-state index in [0.29, 0.717) is 24.7 Å². The van der Waals surface area contributed by atoms with Gasteiger partial charge in [-0.3, -0.25) is 4.79 Å². The predicted molar refractivity (Wildman–Crippen MR) is 101 cm³/mol. The number of aromatic nitrogens is 2. The van der Waals surface area contributed by atoms with Crippen molar-refractivity contribution in [1.82, 2.24) is 20.2 Å². The quantitative estimate of drug-likeness (QED) is 0.722. The highest BCUT2D eigenvalue weighted by molar-refractivity contribution is 5.92. The number of rotatable bonds is 8. The van der Waals surface area contributed by atoms with Gasteiger partial charge in [0.25, 0.3) is 5.91 Å². The van der Waals surface area contributed by atoms with E-state index in [4.69, 9.17) is 0 Å². The van der Waals surface area contributed by atoms with Crippen LogP contribution < -0.4 is 10.6 Å². The number of nitrogens with zero attached hydrogens (tertiary/aromatic N) is 3. The third-order valence-corrected chi connectivity index (χ3v) is 3.69. The molecule has 2 N–H and O–H groups in total. The van der Waals surface area contributed by atoms with Crippen LogP contribution in [-0.4, -0.2) is 48.0 Å². The summed E-state index contributed by atoms with van der Waals surface area (Å²) in [6.07, 6.45) is 0.904. The maximum absolute atomic E-state index is 12.3. The van der Waals surface area contributed by atoms with Gasteiger partial charge in [0.05, 0.1) is 0 Å². The molecule has 0 atom stereocenters. The van der Waals surface area contributed by atoms with E-state index >= 15 is 0 Å². The fourth-order valence-electron chi connectivity index (χ4n) is 2.45. The molecule has 1 aromatic heterocycles. The highest BCUT2D eigenvalue weighted by atomic mass is 16.1. The number of hydrogen-bond donors (Lipinski definition) is 2. The Kier molecular flexibility index (Phi) is 6.89. The average Bonchev–Trinajstić information content (AvgIpc) is 2.56. The SMILES string of the molecule is Cc1cccc(CNc2nc(C)cc(C(=O)NCCCN(C)C)n2)c1. The summed E-state index contributed by atoms with van der Waals surface area (Å²) in [5.41, 5.74) is 3.52. The summed E-state index contributed by atoms with van der Waals surface area (Å²) in [6, 6.07) is 9.95. The molecule has 6 heteroatoms. The lowest BCUT2D eigenvalue weighted by Gasteiger charge is -2.11. The minimum atomic E-state index is -0.164. The molecule has 2 rings (SSSR count). The summed E-state index contributed by atoms with van der Waals surface area (Å²) in [5.74, 6) is 0.308. The topological polar surface area (TPSA) is 70.2 Å². The van der Waals surface area contributed by atoms with Crippen molar-refractivity contribution >= 4 is 11.9 Å². The van der Waals surface area contributed by atoms with E-state index in [9.17, 15) is 4.79 Å². The number of amides is 1. The summed E-state index contributed by atoms with van der Waals surface area (Å²) >= 11 is 0. The van der Waals surface area contributed by atoms with Crippen LogP contribution in [0.2, 0.25) is 0 Å². The molecule has 1 aromatic carbocycles. The zero-order valence-corrected chi connectivity index (χ0v) is 15.5. The van der Waals surface area contributed by atoms with Crippen molar-refractivity contribution in [3.8, 4) is 0 Å². The van der Waals surface area contributed by atoms with Gasteiger partial charge in [0.15, 0.2) is 0 Å². The molecule has 2 aromatic rings. The van der Waals surface area contributed by atoms with Crippen LogP contribution >= 0.6 is 0 Å². The second kappa shape index (κ2) is 9.13. The van der Waals surface area contributed by atoms with Gasteiger partial charge in [-0.2, -0.15) is 0 Å². The van der Waals surface area contributed by atoms with E-state index in [1.807, 2.05) is 33.2 Å². The highest BCUT2D eigenvalue weighted by Gasteiger charge is 2.10. The van der Waals surface area contributed by atoms with E-state index in [1.165, 1.54) is 5.56 Å². The van der Waals surface area contributed by atoms with Gasteiger partial charge in [0.2, 0.25) is 5.95 Å². The molecule has 0 spiro atoms. The van der Waals surface area contributed by atoms with Crippen LogP contribution in [0.15, 0.2) is 30.3 Å². The van der Waals surface area contributed by atoms with Crippen LogP contribution in [0.25, 0.3) is 0 Å². The zero-order valence-electron chi connectivity index (χ0n) is 15.5. The van der Waals surface area contributed by atoms with Gasteiger partial charge in [0.1, 0.15) is 5.69 Å². The number of carbonyl (C=O) groups excluding carboxylic acids is 1. The van der Waals surface area contributed by atoms with Gasteiger partial charge in [-0.05, 0) is 52.5 Å². The minimum absolute atomic E-state index is 0.164. The van der Waals surface area contributed by atoms with Crippen LogP contribution in [0.4, 0.5) is 5.95 Å². The fourth-order valence-corrected chi connectivity index (χ4v) is 2.45. The summed E-state index contributed by atoms with van der Waals surface area (Å²) in [7, 11) is 4.03. The summed E-state index contributed by atoms with van der Waals surface area (Å²) in [6.45, 7) is 6.11. The lowest BCUT2D eigenvalue weighted by atomic mass is 10.1. The molecular formula is C19H27N5O. The number of nitrogens with one attached hydrogen (secondary N) is 2. The van der Waals surface area contributed by atoms with Gasteiger partial charge >= 0.3 is 0 Å². The first-order valence-corrected chi connectivity index (χ1v) is 8.52. The Balaban J connectivity index is 1.95. The molecule has 0 saturated carbocycles. The van der Waals surface area contributed by atoms with E-state index in [0.717, 1.165) is 24.2 Å². The number of hydrogen-bond acceptors (Lipinski definition) is 5. The van der Waals surface area contributed by atoms with Crippen LogP contribution in [0.1, 0.15) is 33.7 Å². The number of aryl methyl sites for hydroxylation is 2. The lowest BCUT2D eigenvalue weighted by Crippen LogP contribution is -2.28. The second-order valence-corrected chi connectivity index (χ2v) is 6.47. The fraction of sp³-hybridized carbons (Fsp3) is 0.421. The van der Waals surface area contributed by atoms with Gasteiger partial charge < -0.3 is 15.5 Å². The third-order valence-electron chi connectivity index (χ3n) is 3.69. The molecule has 0 aliphatic carbocycles. The standard InChI is InChI=1S/C19H27N5O/c1-14-7-5-8-16(11-14)13-21-19-22-15(2)12-17(23-19)18(25)20-9-6-10-24(3)4/h5,7-8,11-12H,6,9-10,13H2,1-4H3,(H,20,25)(H,21,22,23). The maximum Gasteiger partial charge on any atom is 0.270 e. The summed E-state index contributed by atoms with van der Waals surface area (Å²) < 4.78 is 0. The highest BCUT2D eigenvalue weighted by Crippen LogP contribution is 2.09. The molecule has 0 unspecified atom stereocenters. The average molecular weight is 341 g/mol. The third kappa shape index (κ3) is 6.51. The van der Waals surface area contributed by atoms with Crippen molar-refractivity contribution in [2.24, 2.45) is 0 Å². The van der Waals surface area contributed by atoms with Crippen molar-refractivity contribution in [2.45, 2.75) is 26.8 Å². The molecule has 0 bridgehead atoms. The Hall–Kier alpha value is -2.47. The smallest absolute Gasteiger partial charge is 0.270 e. The van der Waals surface area contributed by atoms with Gasteiger partial charge in [0, 0.05) is 18.8 Å². The number of anilines is 1. The Labute approximate surface area is 149 Å². The van der Waals surface area contributed by atoms with Crippen LogP contribution in [0, 0.1) is 13.8 Å². The molecule has 0 radical (unpaired) electrons. The Morgan fingerprint density at radius 2 is 1.96 bits per heavy atom. The van der Waals surface area contributed by atoms with E-state index in [-0.39, 0.29) is 5.91 Å². The molecule has 25 heavy (non-hydrogen) atoms. The molecular weight excluding hydrogens is 314 g/mol. The van der Waals surface area contributed by atoms with E-state index < -0.39 is 0 Å². The largest absolute Gasteiger partial charge is 0.351 e. The van der Waals surface area contributed by atoms with Crippen molar-refractivity contribution < 1.29 is 4.79 Å². The second-order valence-electron chi connectivity index (χ2n) is 6.47. The molecule has 0 aliphatic heterocycles. The van der Waals surface area contributed by atoms with Gasteiger partial charge in [-0.15, -0.1) is 0 Å². The monoisotopic (exact) mass is 341 g/mol. The van der Waals surface area contributed by atoms with Crippen LogP contribution in [-0.2, 0) is 6.54 Å². The Morgan fingerprint density at radius 1 is 1.16 bits per heavy atom. The van der Waals surface area contributed by atoms with E-state index in [1.54, 1.807) is 6.07 Å². The number of benzene rings is 1. The first-order chi connectivity index (χ1) is 11.9. The number of carbonyl (C=O) groups is 1. The van der Waals surface area contributed by atoms with Crippen LogP contribution in [0.5, 0.6) is 0 Å². The first kappa shape index (κ1) is 18.9. The molecule has 6 nitrogen and oxygen atoms in total. The van der Waals surface area contributed by atoms with Crippen LogP contribution in [0.3, 0.4) is 0 Å². The Morgan fingerprint density at radius 3 is 2.68 bits per heavy atom. The Bertz CT molecular complexity index is 715. The molecule has 1 amide bonds. The van der Waals surface area contributed by atoms with Crippen molar-refractivity contribution in [3.63, 3.8) is 0 Å². The van der Waals surface area contributed by atoms with Gasteiger partial charge in [-0.25, -0.2) is 9.97 Å². The summed E-state index contributed by atoms with van der Waals surface area (Å²) in [5, 5.41) is 6.10. The lowest BCUT2D eigenvalue weighted by molar-refractivity contribution is 0.0947. The maximum atomic E-state index is 12.3. The molecule has 0 aliphatic rings. The normalized spacial score (nSPS) is 10.8. The van der Waals surface area contributed by atoms with E-state index in [2.05, 4.69) is 44.6 Å². The molecule has 0 saturated heterocycles. The molecule has 1 heterocycles. The van der Waals surface area contributed by atoms with Crippen molar-refractivity contribution in [1.29, 1.82) is 0 Å². The first-order valence-electron chi connectivity index (χ1n) is 8.52. The summed E-state index contributed by atoms with van der Waals surface area (Å²) in [4.78, 5) is 23.1. The van der Waals surface area contributed by atoms with Crippen molar-refractivity contribution in [2.75, 3.05) is 32.5 Å². The molecule has 0 fully saturated rings. The van der Waals surface area contributed by atoms with Gasteiger partial charge in [-0.1, -0.05) is 29.8 Å². The predicted octanol–water partition coefficient (Wildman–Crippen LogP) is 2.39. The zero-order chi connectivity index (χ0) is 18.2. The van der Waals surface area contributed by atoms with Crippen molar-refractivity contribution in [3.05, 3.63) is 52.8 Å².